The highest BCUT2D eigenvalue weighted by Gasteiger charge is 2.22. The number of rotatable bonds is 6. The number of aromatic nitrogens is 2. The van der Waals surface area contributed by atoms with Crippen molar-refractivity contribution in [3.8, 4) is 0 Å². The van der Waals surface area contributed by atoms with E-state index in [-0.39, 0.29) is 0 Å². The molecule has 0 unspecified atom stereocenters. The molecule has 1 aromatic rings. The summed E-state index contributed by atoms with van der Waals surface area (Å²) < 4.78 is 29.9. The van der Waals surface area contributed by atoms with Gasteiger partial charge >= 0.3 is 0 Å². The summed E-state index contributed by atoms with van der Waals surface area (Å²) in [6.45, 7) is 2.48. The number of hydrogen-bond donors (Lipinski definition) is 1. The highest BCUT2D eigenvalue weighted by Crippen LogP contribution is 2.11. The number of piperidine rings is 1. The van der Waals surface area contributed by atoms with Gasteiger partial charge in [-0.3, -0.25) is 4.68 Å². The van der Waals surface area contributed by atoms with Crippen LogP contribution in [-0.4, -0.2) is 42.1 Å². The van der Waals surface area contributed by atoms with Gasteiger partial charge in [0.2, 0.25) is 0 Å². The Kier molecular flexibility index (Phi) is 4.73. The molecule has 7 heteroatoms. The number of nitrogens with one attached hydrogen (secondary N) is 1. The lowest BCUT2D eigenvalue weighted by Gasteiger charge is -2.25. The molecule has 1 aromatic heterocycles. The predicted octanol–water partition coefficient (Wildman–Crippen LogP) is 0.593. The van der Waals surface area contributed by atoms with Gasteiger partial charge in [-0.05, 0) is 25.3 Å². The highest BCUT2D eigenvalue weighted by molar-refractivity contribution is 7.87. The van der Waals surface area contributed by atoms with Gasteiger partial charge in [0.25, 0.3) is 10.2 Å². The Morgan fingerprint density at radius 2 is 2.00 bits per heavy atom. The Bertz CT molecular complexity index is 438. The van der Waals surface area contributed by atoms with Crippen molar-refractivity contribution in [2.24, 2.45) is 0 Å². The molecule has 1 aliphatic rings. The Hall–Kier alpha value is -0.920. The molecule has 0 aliphatic carbocycles. The standard InChI is InChI=1S/C11H20N4O2S/c16-18(17,15-10-2-1-3-11-15)13-7-5-9-14-8-4-6-12-14/h4,6,8,13H,1-3,5,7,9-11H2. The zero-order valence-electron chi connectivity index (χ0n) is 10.5. The lowest BCUT2D eigenvalue weighted by atomic mass is 10.2. The Labute approximate surface area is 108 Å². The van der Waals surface area contributed by atoms with E-state index in [1.165, 1.54) is 0 Å². The van der Waals surface area contributed by atoms with Crippen LogP contribution in [0, 0.1) is 0 Å². The fourth-order valence-corrected chi connectivity index (χ4v) is 3.40. The first-order chi connectivity index (χ1) is 8.68. The summed E-state index contributed by atoms with van der Waals surface area (Å²) in [5.74, 6) is 0. The van der Waals surface area contributed by atoms with Gasteiger partial charge in [-0.15, -0.1) is 0 Å². The molecular weight excluding hydrogens is 252 g/mol. The maximum atomic E-state index is 11.9. The van der Waals surface area contributed by atoms with Crippen LogP contribution in [0.4, 0.5) is 0 Å². The summed E-state index contributed by atoms with van der Waals surface area (Å²) >= 11 is 0. The van der Waals surface area contributed by atoms with Crippen molar-refractivity contribution >= 4 is 10.2 Å². The van der Waals surface area contributed by atoms with Gasteiger partial charge in [0.1, 0.15) is 0 Å². The van der Waals surface area contributed by atoms with Crippen LogP contribution >= 0.6 is 0 Å². The zero-order valence-corrected chi connectivity index (χ0v) is 11.3. The minimum atomic E-state index is -3.27. The van der Waals surface area contributed by atoms with Crippen LogP contribution < -0.4 is 4.72 Å². The van der Waals surface area contributed by atoms with Gasteiger partial charge in [-0.1, -0.05) is 6.42 Å². The summed E-state index contributed by atoms with van der Waals surface area (Å²) in [5, 5.41) is 4.07. The van der Waals surface area contributed by atoms with Crippen molar-refractivity contribution in [3.05, 3.63) is 18.5 Å². The summed E-state index contributed by atoms with van der Waals surface area (Å²) in [7, 11) is -3.27. The van der Waals surface area contributed by atoms with E-state index in [2.05, 4.69) is 9.82 Å². The van der Waals surface area contributed by atoms with E-state index in [9.17, 15) is 8.42 Å². The fourth-order valence-electron chi connectivity index (χ4n) is 2.07. The van der Waals surface area contributed by atoms with Crippen molar-refractivity contribution in [1.29, 1.82) is 0 Å². The van der Waals surface area contributed by atoms with Gasteiger partial charge in [0, 0.05) is 38.6 Å². The van der Waals surface area contributed by atoms with Crippen molar-refractivity contribution in [2.75, 3.05) is 19.6 Å². The lowest BCUT2D eigenvalue weighted by Crippen LogP contribution is -2.43. The second-order valence-electron chi connectivity index (χ2n) is 4.48. The molecule has 2 heterocycles. The van der Waals surface area contributed by atoms with Gasteiger partial charge < -0.3 is 0 Å². The predicted molar refractivity (Wildman–Crippen MR) is 69.2 cm³/mol. The van der Waals surface area contributed by atoms with Gasteiger partial charge in [0.05, 0.1) is 0 Å². The second-order valence-corrected chi connectivity index (χ2v) is 6.24. The molecule has 0 saturated carbocycles. The minimum absolute atomic E-state index is 0.457. The van der Waals surface area contributed by atoms with E-state index >= 15 is 0 Å². The summed E-state index contributed by atoms with van der Waals surface area (Å²) in [4.78, 5) is 0. The Morgan fingerprint density at radius 1 is 1.22 bits per heavy atom. The third-order valence-corrected chi connectivity index (χ3v) is 4.68. The largest absolute Gasteiger partial charge is 0.279 e. The molecule has 0 bridgehead atoms. The van der Waals surface area contributed by atoms with E-state index < -0.39 is 10.2 Å². The van der Waals surface area contributed by atoms with Crippen LogP contribution in [0.25, 0.3) is 0 Å². The van der Waals surface area contributed by atoms with Crippen LogP contribution in [0.2, 0.25) is 0 Å². The van der Waals surface area contributed by atoms with E-state index in [1.807, 2.05) is 12.3 Å². The molecule has 0 radical (unpaired) electrons. The van der Waals surface area contributed by atoms with E-state index in [0.717, 1.165) is 32.2 Å². The van der Waals surface area contributed by atoms with E-state index in [0.29, 0.717) is 19.6 Å². The maximum absolute atomic E-state index is 11.9. The van der Waals surface area contributed by atoms with Crippen LogP contribution in [-0.2, 0) is 16.8 Å². The molecule has 18 heavy (non-hydrogen) atoms. The molecule has 1 saturated heterocycles. The van der Waals surface area contributed by atoms with E-state index in [4.69, 9.17) is 0 Å². The second kappa shape index (κ2) is 6.31. The maximum Gasteiger partial charge on any atom is 0.279 e. The van der Waals surface area contributed by atoms with Crippen LogP contribution in [0.3, 0.4) is 0 Å². The van der Waals surface area contributed by atoms with Gasteiger partial charge in [-0.25, -0.2) is 4.72 Å². The number of hydrogen-bond acceptors (Lipinski definition) is 3. The topological polar surface area (TPSA) is 67.2 Å². The third kappa shape index (κ3) is 3.79. The van der Waals surface area contributed by atoms with Gasteiger partial charge in [0.15, 0.2) is 0 Å². The quantitative estimate of drug-likeness (QED) is 0.771. The third-order valence-electron chi connectivity index (χ3n) is 3.06. The molecule has 0 spiro atoms. The Morgan fingerprint density at radius 3 is 2.67 bits per heavy atom. The molecule has 1 N–H and O–H groups in total. The smallest absolute Gasteiger partial charge is 0.273 e. The monoisotopic (exact) mass is 272 g/mol. The summed E-state index contributed by atoms with van der Waals surface area (Å²) in [6.07, 6.45) is 7.40. The van der Waals surface area contributed by atoms with Crippen LogP contribution in [0.15, 0.2) is 18.5 Å². The molecule has 2 rings (SSSR count). The first kappa shape index (κ1) is 13.5. The molecule has 102 valence electrons. The number of nitrogens with zero attached hydrogens (tertiary/aromatic N) is 3. The van der Waals surface area contributed by atoms with Crippen molar-refractivity contribution < 1.29 is 8.42 Å². The molecular formula is C11H20N4O2S. The first-order valence-corrected chi connectivity index (χ1v) is 7.85. The SMILES string of the molecule is O=S(=O)(NCCCn1cccn1)N1CCCCC1. The highest BCUT2D eigenvalue weighted by atomic mass is 32.2. The normalized spacial score (nSPS) is 18.0. The van der Waals surface area contributed by atoms with Crippen molar-refractivity contribution in [3.63, 3.8) is 0 Å². The zero-order chi connectivity index (χ0) is 12.8. The molecule has 0 amide bonds. The lowest BCUT2D eigenvalue weighted by molar-refractivity contribution is 0.341. The van der Waals surface area contributed by atoms with Crippen LogP contribution in [0.1, 0.15) is 25.7 Å². The molecule has 6 nitrogen and oxygen atoms in total. The molecule has 0 atom stereocenters. The molecule has 0 aromatic carbocycles. The average Bonchev–Trinajstić information content (AvgIpc) is 2.89. The van der Waals surface area contributed by atoms with Crippen LogP contribution in [0.5, 0.6) is 0 Å². The first-order valence-electron chi connectivity index (χ1n) is 6.41. The van der Waals surface area contributed by atoms with Crippen molar-refractivity contribution in [2.45, 2.75) is 32.2 Å². The van der Waals surface area contributed by atoms with E-state index in [1.54, 1.807) is 15.2 Å². The Balaban J connectivity index is 1.71. The average molecular weight is 272 g/mol. The minimum Gasteiger partial charge on any atom is -0.273 e. The number of aryl methyl sites for hydroxylation is 1. The fraction of sp³-hybridized carbons (Fsp3) is 0.727. The summed E-state index contributed by atoms with van der Waals surface area (Å²) in [5.41, 5.74) is 0. The molecule has 1 aliphatic heterocycles. The molecule has 1 fully saturated rings. The van der Waals surface area contributed by atoms with Gasteiger partial charge in [-0.2, -0.15) is 17.8 Å². The summed E-state index contributed by atoms with van der Waals surface area (Å²) in [6, 6.07) is 1.86. The van der Waals surface area contributed by atoms with Crippen molar-refractivity contribution in [1.82, 2.24) is 18.8 Å².